The number of nitrogens with one attached hydrogen (secondary N) is 1. The molecule has 2 aromatic rings. The maximum Gasteiger partial charge on any atom is 0.237 e. The molecule has 2 aromatic carbocycles. The van der Waals surface area contributed by atoms with Crippen molar-refractivity contribution in [3.05, 3.63) is 71.3 Å². The van der Waals surface area contributed by atoms with Crippen LogP contribution in [-0.2, 0) is 17.9 Å². The monoisotopic (exact) mass is 389 g/mol. The molecule has 4 nitrogen and oxygen atoms in total. The van der Waals surface area contributed by atoms with Crippen LogP contribution in [0.25, 0.3) is 0 Å². The number of rotatable bonds is 3. The Kier molecular flexibility index (Phi) is 5.38. The van der Waals surface area contributed by atoms with Crippen LogP contribution >= 0.6 is 0 Å². The summed E-state index contributed by atoms with van der Waals surface area (Å²) in [5.41, 5.74) is 4.13. The first-order valence-electron chi connectivity index (χ1n) is 11.2. The quantitative estimate of drug-likeness (QED) is 0.872. The van der Waals surface area contributed by atoms with Crippen molar-refractivity contribution < 1.29 is 4.79 Å². The molecule has 0 spiro atoms. The summed E-state index contributed by atoms with van der Waals surface area (Å²) in [5, 5.41) is 3.75. The maximum absolute atomic E-state index is 13.5. The average Bonchev–Trinajstić information content (AvgIpc) is 3.03. The second-order valence-corrected chi connectivity index (χ2v) is 8.85. The third-order valence-electron chi connectivity index (χ3n) is 7.02. The summed E-state index contributed by atoms with van der Waals surface area (Å²) in [7, 11) is 0. The van der Waals surface area contributed by atoms with Crippen LogP contribution in [0.3, 0.4) is 0 Å². The van der Waals surface area contributed by atoms with Gasteiger partial charge in [-0.05, 0) is 42.5 Å². The van der Waals surface area contributed by atoms with Gasteiger partial charge in [-0.1, -0.05) is 61.0 Å². The third kappa shape index (κ3) is 3.84. The van der Waals surface area contributed by atoms with Gasteiger partial charge < -0.3 is 10.2 Å². The highest BCUT2D eigenvalue weighted by molar-refractivity contribution is 5.79. The molecule has 2 saturated heterocycles. The van der Waals surface area contributed by atoms with E-state index >= 15 is 0 Å². The lowest BCUT2D eigenvalue weighted by atomic mass is 9.80. The summed E-state index contributed by atoms with van der Waals surface area (Å²) < 4.78 is 0. The van der Waals surface area contributed by atoms with Crippen molar-refractivity contribution >= 4 is 5.91 Å². The number of piperidine rings is 1. The largest absolute Gasteiger partial charge is 0.336 e. The predicted molar refractivity (Wildman–Crippen MR) is 115 cm³/mol. The highest BCUT2D eigenvalue weighted by atomic mass is 16.2. The molecule has 2 fully saturated rings. The van der Waals surface area contributed by atoms with Gasteiger partial charge >= 0.3 is 0 Å². The number of hydrogen-bond donors (Lipinski definition) is 1. The summed E-state index contributed by atoms with van der Waals surface area (Å²) in [6.07, 6.45) is 4.59. The van der Waals surface area contributed by atoms with E-state index < -0.39 is 0 Å². The van der Waals surface area contributed by atoms with E-state index in [1.165, 1.54) is 29.5 Å². The molecule has 3 aliphatic rings. The molecule has 0 bridgehead atoms. The number of nitrogens with zero attached hydrogens (tertiary/aromatic N) is 2. The lowest BCUT2D eigenvalue weighted by Gasteiger charge is -2.44. The fourth-order valence-electron chi connectivity index (χ4n) is 5.65. The Bertz CT molecular complexity index is 827. The Labute approximate surface area is 173 Å². The lowest BCUT2D eigenvalue weighted by Crippen LogP contribution is -2.58. The minimum atomic E-state index is 0.270. The van der Waals surface area contributed by atoms with Gasteiger partial charge in [0.2, 0.25) is 5.91 Å². The molecular formula is C25H31N3O. The smallest absolute Gasteiger partial charge is 0.237 e. The van der Waals surface area contributed by atoms with Crippen LogP contribution in [0.2, 0.25) is 0 Å². The summed E-state index contributed by atoms with van der Waals surface area (Å²) in [6.45, 7) is 4.25. The first-order chi connectivity index (χ1) is 14.3. The van der Waals surface area contributed by atoms with E-state index in [1.54, 1.807) is 0 Å². The second-order valence-electron chi connectivity index (χ2n) is 8.85. The number of carbonyl (C=O) groups excluding carboxylic acids is 1. The molecular weight excluding hydrogens is 358 g/mol. The first kappa shape index (κ1) is 18.8. The molecule has 0 saturated carbocycles. The average molecular weight is 390 g/mol. The van der Waals surface area contributed by atoms with E-state index in [9.17, 15) is 4.79 Å². The van der Waals surface area contributed by atoms with Crippen LogP contribution in [0.15, 0.2) is 54.6 Å². The second kappa shape index (κ2) is 8.29. The van der Waals surface area contributed by atoms with Gasteiger partial charge in [-0.3, -0.25) is 9.69 Å². The Morgan fingerprint density at radius 2 is 1.66 bits per heavy atom. The molecule has 0 aliphatic carbocycles. The van der Waals surface area contributed by atoms with Crippen LogP contribution < -0.4 is 5.32 Å². The van der Waals surface area contributed by atoms with E-state index in [1.807, 2.05) is 0 Å². The summed E-state index contributed by atoms with van der Waals surface area (Å²) in [5.74, 6) is 0.736. The zero-order chi connectivity index (χ0) is 19.6. The first-order valence-corrected chi connectivity index (χ1v) is 11.2. The molecule has 0 radical (unpaired) electrons. The van der Waals surface area contributed by atoms with Crippen LogP contribution in [0.4, 0.5) is 0 Å². The van der Waals surface area contributed by atoms with Crippen LogP contribution in [0.5, 0.6) is 0 Å². The van der Waals surface area contributed by atoms with Crippen molar-refractivity contribution in [2.24, 2.45) is 0 Å². The van der Waals surface area contributed by atoms with Crippen LogP contribution in [0, 0.1) is 0 Å². The summed E-state index contributed by atoms with van der Waals surface area (Å²) >= 11 is 0. The highest BCUT2D eigenvalue weighted by Crippen LogP contribution is 2.35. The van der Waals surface area contributed by atoms with Crippen molar-refractivity contribution in [2.75, 3.05) is 19.6 Å². The molecule has 4 heteroatoms. The third-order valence-corrected chi connectivity index (χ3v) is 7.02. The van der Waals surface area contributed by atoms with Crippen LogP contribution in [0.1, 0.15) is 48.3 Å². The van der Waals surface area contributed by atoms with E-state index in [2.05, 4.69) is 69.7 Å². The number of amides is 1. The van der Waals surface area contributed by atoms with Crippen molar-refractivity contribution in [3.63, 3.8) is 0 Å². The van der Waals surface area contributed by atoms with Crippen molar-refractivity contribution in [1.82, 2.24) is 15.1 Å². The fraction of sp³-hybridized carbons (Fsp3) is 0.480. The molecule has 1 N–H and O–H groups in total. The Balaban J connectivity index is 1.36. The Morgan fingerprint density at radius 1 is 0.931 bits per heavy atom. The van der Waals surface area contributed by atoms with Gasteiger partial charge in [0.25, 0.3) is 0 Å². The van der Waals surface area contributed by atoms with E-state index in [-0.39, 0.29) is 6.04 Å². The van der Waals surface area contributed by atoms with Gasteiger partial charge in [0.1, 0.15) is 0 Å². The molecule has 3 heterocycles. The number of benzene rings is 2. The summed E-state index contributed by atoms with van der Waals surface area (Å²) in [4.78, 5) is 18.1. The van der Waals surface area contributed by atoms with Gasteiger partial charge in [0.05, 0.1) is 12.6 Å². The maximum atomic E-state index is 13.5. The molecule has 3 atom stereocenters. The number of hydrogen-bond acceptors (Lipinski definition) is 3. The van der Waals surface area contributed by atoms with Gasteiger partial charge in [-0.15, -0.1) is 0 Å². The molecule has 5 rings (SSSR count). The standard InChI is InChI=1S/C25H31N3O/c29-24(18-27-16-20-10-4-5-11-21(20)17-27)28-15-7-6-12-23-25(28)22(13-14-26-23)19-8-2-1-3-9-19/h1-5,8-11,22-23,25-26H,6-7,12-18H2/t22-,23-,25-/m1/s1. The van der Waals surface area contributed by atoms with Gasteiger partial charge in [-0.25, -0.2) is 0 Å². The minimum Gasteiger partial charge on any atom is -0.336 e. The SMILES string of the molecule is O=C(CN1Cc2ccccc2C1)N1CCCC[C@H]2NCC[C@H](c3ccccc3)[C@H]21. The fourth-order valence-corrected chi connectivity index (χ4v) is 5.65. The zero-order valence-corrected chi connectivity index (χ0v) is 17.1. The molecule has 0 unspecified atom stereocenters. The number of likely N-dealkylation sites (tertiary alicyclic amines) is 1. The topological polar surface area (TPSA) is 35.6 Å². The molecule has 3 aliphatic heterocycles. The zero-order valence-electron chi connectivity index (χ0n) is 17.1. The lowest BCUT2D eigenvalue weighted by molar-refractivity contribution is -0.136. The molecule has 29 heavy (non-hydrogen) atoms. The van der Waals surface area contributed by atoms with Gasteiger partial charge in [0.15, 0.2) is 0 Å². The Morgan fingerprint density at radius 3 is 2.41 bits per heavy atom. The minimum absolute atomic E-state index is 0.270. The molecule has 0 aromatic heterocycles. The van der Waals surface area contributed by atoms with Gasteiger partial charge in [-0.2, -0.15) is 0 Å². The number of carbonyl (C=O) groups is 1. The normalized spacial score (nSPS) is 27.2. The predicted octanol–water partition coefficient (Wildman–Crippen LogP) is 3.53. The van der Waals surface area contributed by atoms with E-state index in [0.717, 1.165) is 39.0 Å². The van der Waals surface area contributed by atoms with Crippen LogP contribution in [-0.4, -0.2) is 47.4 Å². The molecule has 152 valence electrons. The van der Waals surface area contributed by atoms with E-state index in [0.29, 0.717) is 24.4 Å². The summed E-state index contributed by atoms with van der Waals surface area (Å²) in [6, 6.07) is 20.1. The van der Waals surface area contributed by atoms with Crippen molar-refractivity contribution in [1.29, 1.82) is 0 Å². The number of fused-ring (bicyclic) bond motifs is 2. The van der Waals surface area contributed by atoms with Crippen molar-refractivity contribution in [2.45, 2.75) is 56.8 Å². The van der Waals surface area contributed by atoms with E-state index in [4.69, 9.17) is 0 Å². The highest BCUT2D eigenvalue weighted by Gasteiger charge is 2.41. The molecule has 1 amide bonds. The van der Waals surface area contributed by atoms with Gasteiger partial charge in [0, 0.05) is 31.6 Å². The van der Waals surface area contributed by atoms with Crippen molar-refractivity contribution in [3.8, 4) is 0 Å². The Hall–Kier alpha value is -2.17.